The van der Waals surface area contributed by atoms with E-state index in [1.165, 1.54) is 6.07 Å². The molecule has 15 heavy (non-hydrogen) atoms. The first-order valence-corrected chi connectivity index (χ1v) is 4.93. The fourth-order valence-corrected chi connectivity index (χ4v) is 1.36. The third-order valence-electron chi connectivity index (χ3n) is 2.17. The van der Waals surface area contributed by atoms with Crippen molar-refractivity contribution in [3.05, 3.63) is 35.1 Å². The standard InChI is InChI=1S/C12H15FO2/c1-9-5-6-11(13)10(8-9)12(14)4-3-7-15-2/h5-6,8H,3-4,7H2,1-2H3. The highest BCUT2D eigenvalue weighted by Gasteiger charge is 2.10. The van der Waals surface area contributed by atoms with Crippen LogP contribution in [-0.2, 0) is 4.74 Å². The van der Waals surface area contributed by atoms with Gasteiger partial charge in [0.15, 0.2) is 5.78 Å². The highest BCUT2D eigenvalue weighted by molar-refractivity contribution is 5.96. The lowest BCUT2D eigenvalue weighted by Crippen LogP contribution is -2.04. The summed E-state index contributed by atoms with van der Waals surface area (Å²) in [6.07, 6.45) is 0.955. The summed E-state index contributed by atoms with van der Waals surface area (Å²) in [5, 5.41) is 0. The molecule has 0 aliphatic carbocycles. The molecule has 0 N–H and O–H groups in total. The van der Waals surface area contributed by atoms with Gasteiger partial charge in [-0.05, 0) is 25.5 Å². The third-order valence-corrected chi connectivity index (χ3v) is 2.17. The predicted octanol–water partition coefficient (Wildman–Crippen LogP) is 2.74. The van der Waals surface area contributed by atoms with E-state index in [1.807, 2.05) is 6.92 Å². The lowest BCUT2D eigenvalue weighted by molar-refractivity contribution is 0.0959. The topological polar surface area (TPSA) is 26.3 Å². The fourth-order valence-electron chi connectivity index (χ4n) is 1.36. The Morgan fingerprint density at radius 3 is 2.87 bits per heavy atom. The van der Waals surface area contributed by atoms with E-state index in [4.69, 9.17) is 4.74 Å². The van der Waals surface area contributed by atoms with Gasteiger partial charge in [-0.15, -0.1) is 0 Å². The molecule has 0 aromatic heterocycles. The van der Waals surface area contributed by atoms with Crippen LogP contribution in [0.15, 0.2) is 18.2 Å². The summed E-state index contributed by atoms with van der Waals surface area (Å²) in [5.41, 5.74) is 1.08. The van der Waals surface area contributed by atoms with E-state index in [2.05, 4.69) is 0 Å². The molecular weight excluding hydrogens is 195 g/mol. The summed E-state index contributed by atoms with van der Waals surface area (Å²) < 4.78 is 18.1. The van der Waals surface area contributed by atoms with E-state index >= 15 is 0 Å². The molecule has 82 valence electrons. The molecule has 0 fully saturated rings. The molecular formula is C12H15FO2. The normalized spacial score (nSPS) is 10.3. The maximum absolute atomic E-state index is 13.3. The molecule has 0 spiro atoms. The third kappa shape index (κ3) is 3.44. The molecule has 1 aromatic rings. The Balaban J connectivity index is 2.68. The summed E-state index contributed by atoms with van der Waals surface area (Å²) in [6.45, 7) is 2.37. The number of carbonyl (C=O) groups excluding carboxylic acids is 1. The monoisotopic (exact) mass is 210 g/mol. The Labute approximate surface area is 89.1 Å². The van der Waals surface area contributed by atoms with Crippen molar-refractivity contribution in [1.29, 1.82) is 0 Å². The number of aryl methyl sites for hydroxylation is 1. The highest BCUT2D eigenvalue weighted by atomic mass is 19.1. The summed E-state index contributed by atoms with van der Waals surface area (Å²) in [7, 11) is 1.58. The predicted molar refractivity (Wildman–Crippen MR) is 56.6 cm³/mol. The van der Waals surface area contributed by atoms with Crippen LogP contribution in [0.4, 0.5) is 4.39 Å². The van der Waals surface area contributed by atoms with Crippen molar-refractivity contribution >= 4 is 5.78 Å². The number of halogens is 1. The van der Waals surface area contributed by atoms with E-state index in [9.17, 15) is 9.18 Å². The zero-order valence-corrected chi connectivity index (χ0v) is 9.05. The summed E-state index contributed by atoms with van der Waals surface area (Å²) >= 11 is 0. The van der Waals surface area contributed by atoms with Crippen molar-refractivity contribution in [1.82, 2.24) is 0 Å². The molecule has 0 bridgehead atoms. The van der Waals surface area contributed by atoms with Crippen LogP contribution in [0.5, 0.6) is 0 Å². The van der Waals surface area contributed by atoms with Crippen molar-refractivity contribution in [2.75, 3.05) is 13.7 Å². The summed E-state index contributed by atoms with van der Waals surface area (Å²) in [5.74, 6) is -0.601. The van der Waals surface area contributed by atoms with Crippen LogP contribution in [0.1, 0.15) is 28.8 Å². The van der Waals surface area contributed by atoms with Crippen molar-refractivity contribution in [3.8, 4) is 0 Å². The molecule has 0 unspecified atom stereocenters. The van der Waals surface area contributed by atoms with Gasteiger partial charge in [0, 0.05) is 20.1 Å². The van der Waals surface area contributed by atoms with Crippen molar-refractivity contribution < 1.29 is 13.9 Å². The molecule has 0 saturated carbocycles. The molecule has 1 aromatic carbocycles. The second-order valence-corrected chi connectivity index (χ2v) is 3.50. The quantitative estimate of drug-likeness (QED) is 0.551. The van der Waals surface area contributed by atoms with Crippen LogP contribution < -0.4 is 0 Å². The zero-order chi connectivity index (χ0) is 11.3. The lowest BCUT2D eigenvalue weighted by atomic mass is 10.0. The van der Waals surface area contributed by atoms with Crippen molar-refractivity contribution in [2.45, 2.75) is 19.8 Å². The molecule has 0 aliphatic heterocycles. The average Bonchev–Trinajstić information content (AvgIpc) is 2.22. The number of hydrogen-bond donors (Lipinski definition) is 0. The smallest absolute Gasteiger partial charge is 0.165 e. The first-order chi connectivity index (χ1) is 7.15. The molecule has 0 radical (unpaired) electrons. The molecule has 0 saturated heterocycles. The molecule has 0 atom stereocenters. The van der Waals surface area contributed by atoms with E-state index in [-0.39, 0.29) is 11.3 Å². The minimum Gasteiger partial charge on any atom is -0.385 e. The summed E-state index contributed by atoms with van der Waals surface area (Å²) in [4.78, 5) is 11.6. The number of hydrogen-bond acceptors (Lipinski definition) is 2. The molecule has 0 heterocycles. The largest absolute Gasteiger partial charge is 0.385 e. The van der Waals surface area contributed by atoms with Gasteiger partial charge in [-0.3, -0.25) is 4.79 Å². The minimum atomic E-state index is -0.442. The first kappa shape index (κ1) is 11.9. The van der Waals surface area contributed by atoms with E-state index in [0.717, 1.165) is 5.56 Å². The maximum Gasteiger partial charge on any atom is 0.165 e. The SMILES string of the molecule is COCCCC(=O)c1cc(C)ccc1F. The number of methoxy groups -OCH3 is 1. The number of benzene rings is 1. The Kier molecular flexibility index (Phi) is 4.43. The van der Waals surface area contributed by atoms with Crippen LogP contribution in [0.2, 0.25) is 0 Å². The number of ketones is 1. The molecule has 0 amide bonds. The second-order valence-electron chi connectivity index (χ2n) is 3.50. The lowest BCUT2D eigenvalue weighted by Gasteiger charge is -2.03. The fraction of sp³-hybridized carbons (Fsp3) is 0.417. The van der Waals surface area contributed by atoms with Gasteiger partial charge in [-0.1, -0.05) is 11.6 Å². The second kappa shape index (κ2) is 5.61. The van der Waals surface area contributed by atoms with Crippen LogP contribution in [-0.4, -0.2) is 19.5 Å². The number of carbonyl (C=O) groups is 1. The summed E-state index contributed by atoms with van der Waals surface area (Å²) in [6, 6.07) is 4.57. The molecule has 1 rings (SSSR count). The van der Waals surface area contributed by atoms with E-state index in [1.54, 1.807) is 19.2 Å². The van der Waals surface area contributed by atoms with Gasteiger partial charge in [-0.25, -0.2) is 4.39 Å². The van der Waals surface area contributed by atoms with Crippen molar-refractivity contribution in [2.24, 2.45) is 0 Å². The Bertz CT molecular complexity index is 347. The van der Waals surface area contributed by atoms with Gasteiger partial charge in [0.05, 0.1) is 5.56 Å². The van der Waals surface area contributed by atoms with E-state index in [0.29, 0.717) is 19.4 Å². The number of ether oxygens (including phenoxy) is 1. The Hall–Kier alpha value is -1.22. The molecule has 2 nitrogen and oxygen atoms in total. The Morgan fingerprint density at radius 2 is 2.20 bits per heavy atom. The van der Waals surface area contributed by atoms with Gasteiger partial charge in [0.2, 0.25) is 0 Å². The van der Waals surface area contributed by atoms with Crippen LogP contribution in [0, 0.1) is 12.7 Å². The van der Waals surface area contributed by atoms with Crippen LogP contribution in [0.3, 0.4) is 0 Å². The zero-order valence-electron chi connectivity index (χ0n) is 9.05. The molecule has 0 aliphatic rings. The number of Topliss-reactive ketones (excluding diaryl/α,β-unsaturated/α-hetero) is 1. The minimum absolute atomic E-state index is 0.159. The van der Waals surface area contributed by atoms with Gasteiger partial charge in [0.1, 0.15) is 5.82 Å². The van der Waals surface area contributed by atoms with Crippen LogP contribution >= 0.6 is 0 Å². The van der Waals surface area contributed by atoms with Gasteiger partial charge < -0.3 is 4.74 Å². The van der Waals surface area contributed by atoms with Gasteiger partial charge in [0.25, 0.3) is 0 Å². The number of rotatable bonds is 5. The Morgan fingerprint density at radius 1 is 1.47 bits per heavy atom. The maximum atomic E-state index is 13.3. The van der Waals surface area contributed by atoms with Gasteiger partial charge >= 0.3 is 0 Å². The molecule has 3 heteroatoms. The van der Waals surface area contributed by atoms with Crippen molar-refractivity contribution in [3.63, 3.8) is 0 Å². The average molecular weight is 210 g/mol. The van der Waals surface area contributed by atoms with E-state index < -0.39 is 5.82 Å². The highest BCUT2D eigenvalue weighted by Crippen LogP contribution is 2.13. The van der Waals surface area contributed by atoms with Gasteiger partial charge in [-0.2, -0.15) is 0 Å². The first-order valence-electron chi connectivity index (χ1n) is 4.93. The van der Waals surface area contributed by atoms with Crippen LogP contribution in [0.25, 0.3) is 0 Å².